The van der Waals surface area contributed by atoms with Crippen LogP contribution in [-0.2, 0) is 9.47 Å². The molecule has 0 saturated heterocycles. The molecule has 0 spiro atoms. The second-order valence-electron chi connectivity index (χ2n) is 3.72. The largest absolute Gasteiger partial charge is 0.379 e. The Kier molecular flexibility index (Phi) is 9.35. The fourth-order valence-corrected chi connectivity index (χ4v) is 1.24. The summed E-state index contributed by atoms with van der Waals surface area (Å²) in [4.78, 5) is 0. The van der Waals surface area contributed by atoms with Crippen LogP contribution in [0.3, 0.4) is 0 Å². The zero-order chi connectivity index (χ0) is 10.8. The Labute approximate surface area is 88.2 Å². The van der Waals surface area contributed by atoms with Crippen molar-refractivity contribution in [2.75, 3.05) is 26.9 Å². The molecule has 0 aliphatic carbocycles. The molecule has 0 aromatic carbocycles. The quantitative estimate of drug-likeness (QED) is 0.580. The zero-order valence-electron chi connectivity index (χ0n) is 10.0. The molecule has 0 radical (unpaired) electrons. The van der Waals surface area contributed by atoms with Crippen LogP contribution in [0.5, 0.6) is 0 Å². The van der Waals surface area contributed by atoms with Crippen molar-refractivity contribution < 1.29 is 9.47 Å². The van der Waals surface area contributed by atoms with Crippen LogP contribution in [0.4, 0.5) is 0 Å². The normalized spacial score (nSPS) is 15.4. The Balaban J connectivity index is 3.22. The maximum absolute atomic E-state index is 5.60. The zero-order valence-corrected chi connectivity index (χ0v) is 10.0. The molecule has 3 heteroatoms. The lowest BCUT2D eigenvalue weighted by molar-refractivity contribution is 0.00653. The van der Waals surface area contributed by atoms with E-state index in [9.17, 15) is 0 Å². The molecule has 0 aromatic rings. The average Bonchev–Trinajstić information content (AvgIpc) is 2.17. The van der Waals surface area contributed by atoms with E-state index in [1.54, 1.807) is 0 Å². The van der Waals surface area contributed by atoms with Gasteiger partial charge in [-0.05, 0) is 33.7 Å². The van der Waals surface area contributed by atoms with E-state index in [4.69, 9.17) is 9.47 Å². The van der Waals surface area contributed by atoms with Crippen molar-refractivity contribution in [2.45, 2.75) is 45.8 Å². The third-order valence-electron chi connectivity index (χ3n) is 2.16. The molecule has 0 rings (SSSR count). The molecule has 2 atom stereocenters. The Morgan fingerprint density at radius 3 is 2.43 bits per heavy atom. The molecular formula is C11H25NO2. The summed E-state index contributed by atoms with van der Waals surface area (Å²) < 4.78 is 10.9. The van der Waals surface area contributed by atoms with E-state index < -0.39 is 0 Å². The smallest absolute Gasteiger partial charge is 0.0704 e. The van der Waals surface area contributed by atoms with E-state index in [0.29, 0.717) is 25.4 Å². The van der Waals surface area contributed by atoms with E-state index in [2.05, 4.69) is 26.1 Å². The molecule has 0 saturated carbocycles. The molecule has 1 N–H and O–H groups in total. The van der Waals surface area contributed by atoms with Gasteiger partial charge in [-0.25, -0.2) is 0 Å². The molecule has 0 heterocycles. The summed E-state index contributed by atoms with van der Waals surface area (Å²) >= 11 is 0. The Morgan fingerprint density at radius 1 is 1.14 bits per heavy atom. The van der Waals surface area contributed by atoms with Gasteiger partial charge in [0.05, 0.1) is 19.3 Å². The molecule has 3 nitrogen and oxygen atoms in total. The molecule has 2 unspecified atom stereocenters. The van der Waals surface area contributed by atoms with Gasteiger partial charge in [-0.1, -0.05) is 6.92 Å². The van der Waals surface area contributed by atoms with Crippen LogP contribution in [0, 0.1) is 0 Å². The first-order valence-electron chi connectivity index (χ1n) is 5.57. The molecule has 0 bridgehead atoms. The number of ether oxygens (including phenoxy) is 2. The fraction of sp³-hybridized carbons (Fsp3) is 1.00. The number of rotatable bonds is 9. The topological polar surface area (TPSA) is 30.5 Å². The lowest BCUT2D eigenvalue weighted by atomic mass is 10.1. The second-order valence-corrected chi connectivity index (χ2v) is 3.72. The van der Waals surface area contributed by atoms with Crippen molar-refractivity contribution in [3.05, 3.63) is 0 Å². The van der Waals surface area contributed by atoms with Crippen LogP contribution in [0.15, 0.2) is 0 Å². The van der Waals surface area contributed by atoms with Gasteiger partial charge in [0.1, 0.15) is 0 Å². The van der Waals surface area contributed by atoms with Gasteiger partial charge in [0.2, 0.25) is 0 Å². The molecule has 86 valence electrons. The number of hydrogen-bond donors (Lipinski definition) is 1. The van der Waals surface area contributed by atoms with E-state index in [1.165, 1.54) is 0 Å². The van der Waals surface area contributed by atoms with Gasteiger partial charge in [0.15, 0.2) is 0 Å². The third-order valence-corrected chi connectivity index (χ3v) is 2.16. The van der Waals surface area contributed by atoms with Crippen molar-refractivity contribution in [2.24, 2.45) is 0 Å². The van der Waals surface area contributed by atoms with Gasteiger partial charge in [0, 0.05) is 12.6 Å². The highest BCUT2D eigenvalue weighted by Crippen LogP contribution is 2.01. The van der Waals surface area contributed by atoms with Gasteiger partial charge in [-0.3, -0.25) is 0 Å². The van der Waals surface area contributed by atoms with Crippen LogP contribution in [0.25, 0.3) is 0 Å². The number of nitrogens with one attached hydrogen (secondary N) is 1. The van der Waals surface area contributed by atoms with Crippen molar-refractivity contribution in [3.8, 4) is 0 Å². The van der Waals surface area contributed by atoms with Crippen molar-refractivity contribution in [1.82, 2.24) is 5.32 Å². The summed E-state index contributed by atoms with van der Waals surface area (Å²) in [6.45, 7) is 8.63. The molecule has 0 aliphatic rings. The minimum Gasteiger partial charge on any atom is -0.379 e. The monoisotopic (exact) mass is 203 g/mol. The predicted molar refractivity (Wildman–Crippen MR) is 59.7 cm³/mol. The van der Waals surface area contributed by atoms with Crippen LogP contribution in [-0.4, -0.2) is 39.0 Å². The van der Waals surface area contributed by atoms with Crippen LogP contribution in [0.1, 0.15) is 33.6 Å². The molecule has 0 aliphatic heterocycles. The first-order chi connectivity index (χ1) is 6.70. The minimum absolute atomic E-state index is 0.308. The standard InChI is InChI=1S/C11H25NO2/c1-5-6-13-7-8-14-11(3)9-10(2)12-4/h10-12H,5-9H2,1-4H3. The molecule has 14 heavy (non-hydrogen) atoms. The maximum atomic E-state index is 5.60. The predicted octanol–water partition coefficient (Wildman–Crippen LogP) is 1.82. The number of hydrogen-bond acceptors (Lipinski definition) is 3. The van der Waals surface area contributed by atoms with Gasteiger partial charge in [-0.2, -0.15) is 0 Å². The van der Waals surface area contributed by atoms with Crippen molar-refractivity contribution in [1.29, 1.82) is 0 Å². The Bertz CT molecular complexity index is 120. The highest BCUT2D eigenvalue weighted by atomic mass is 16.5. The Hall–Kier alpha value is -0.120. The average molecular weight is 203 g/mol. The minimum atomic E-state index is 0.308. The molecular weight excluding hydrogens is 178 g/mol. The summed E-state index contributed by atoms with van der Waals surface area (Å²) in [6.07, 6.45) is 2.43. The van der Waals surface area contributed by atoms with Crippen molar-refractivity contribution >= 4 is 0 Å². The Morgan fingerprint density at radius 2 is 1.86 bits per heavy atom. The highest BCUT2D eigenvalue weighted by molar-refractivity contribution is 4.62. The summed E-state index contributed by atoms with van der Waals surface area (Å²) in [5.41, 5.74) is 0. The van der Waals surface area contributed by atoms with Crippen LogP contribution >= 0.6 is 0 Å². The van der Waals surface area contributed by atoms with E-state index in [0.717, 1.165) is 19.4 Å². The lowest BCUT2D eigenvalue weighted by Crippen LogP contribution is -2.27. The maximum Gasteiger partial charge on any atom is 0.0704 e. The summed E-state index contributed by atoms with van der Waals surface area (Å²) in [5.74, 6) is 0. The van der Waals surface area contributed by atoms with Crippen LogP contribution < -0.4 is 5.32 Å². The van der Waals surface area contributed by atoms with E-state index >= 15 is 0 Å². The van der Waals surface area contributed by atoms with E-state index in [1.807, 2.05) is 7.05 Å². The van der Waals surface area contributed by atoms with Gasteiger partial charge < -0.3 is 14.8 Å². The molecule has 0 fully saturated rings. The first-order valence-corrected chi connectivity index (χ1v) is 5.57. The van der Waals surface area contributed by atoms with Crippen molar-refractivity contribution in [3.63, 3.8) is 0 Å². The SMILES string of the molecule is CCCOCCOC(C)CC(C)NC. The van der Waals surface area contributed by atoms with Gasteiger partial charge in [-0.15, -0.1) is 0 Å². The summed E-state index contributed by atoms with van der Waals surface area (Å²) in [5, 5.41) is 3.20. The molecule has 0 aromatic heterocycles. The summed E-state index contributed by atoms with van der Waals surface area (Å²) in [7, 11) is 1.97. The molecule has 0 amide bonds. The van der Waals surface area contributed by atoms with Gasteiger partial charge >= 0.3 is 0 Å². The highest BCUT2D eigenvalue weighted by Gasteiger charge is 2.06. The third kappa shape index (κ3) is 8.48. The second kappa shape index (κ2) is 9.44. The van der Waals surface area contributed by atoms with Gasteiger partial charge in [0.25, 0.3) is 0 Å². The first kappa shape index (κ1) is 13.9. The van der Waals surface area contributed by atoms with Crippen LogP contribution in [0.2, 0.25) is 0 Å². The van der Waals surface area contributed by atoms with E-state index in [-0.39, 0.29) is 0 Å². The fourth-order valence-electron chi connectivity index (χ4n) is 1.24. The lowest BCUT2D eigenvalue weighted by Gasteiger charge is -2.17. The summed E-state index contributed by atoms with van der Waals surface area (Å²) in [6, 6.07) is 0.515.